The molecule has 0 atom stereocenters. The lowest BCUT2D eigenvalue weighted by Crippen LogP contribution is -2.44. The molecule has 1 aromatic heterocycles. The van der Waals surface area contributed by atoms with Crippen LogP contribution in [0.5, 0.6) is 0 Å². The number of tetrazole rings is 1. The Morgan fingerprint density at radius 3 is 2.08 bits per heavy atom. The van der Waals surface area contributed by atoms with Gasteiger partial charge in [-0.2, -0.15) is 4.80 Å². The molecule has 0 aliphatic heterocycles. The van der Waals surface area contributed by atoms with Gasteiger partial charge in [0, 0.05) is 16.7 Å². The zero-order valence-corrected chi connectivity index (χ0v) is 20.2. The van der Waals surface area contributed by atoms with E-state index in [2.05, 4.69) is 47.0 Å². The van der Waals surface area contributed by atoms with E-state index in [1.165, 1.54) is 4.80 Å². The fourth-order valence-electron chi connectivity index (χ4n) is 3.43. The van der Waals surface area contributed by atoms with Gasteiger partial charge in [-0.3, -0.25) is 25.2 Å². The van der Waals surface area contributed by atoms with Crippen LogP contribution in [0.4, 0.5) is 0 Å². The minimum absolute atomic E-state index is 0.0652. The predicted octanol–water partition coefficient (Wildman–Crippen LogP) is 3.33. The number of aromatic nitrogens is 4. The molecule has 1 heterocycles. The van der Waals surface area contributed by atoms with E-state index >= 15 is 0 Å². The van der Waals surface area contributed by atoms with Gasteiger partial charge < -0.3 is 0 Å². The first-order chi connectivity index (χ1) is 17.2. The van der Waals surface area contributed by atoms with Crippen LogP contribution >= 0.6 is 0 Å². The van der Waals surface area contributed by atoms with E-state index in [4.69, 9.17) is 0 Å². The molecule has 36 heavy (non-hydrogen) atoms. The number of ketones is 1. The summed E-state index contributed by atoms with van der Waals surface area (Å²) in [5.74, 6) is -1.67. The lowest BCUT2D eigenvalue weighted by Gasteiger charge is -2.18. The zero-order valence-electron chi connectivity index (χ0n) is 20.2. The first-order valence-electron chi connectivity index (χ1n) is 11.4. The summed E-state index contributed by atoms with van der Waals surface area (Å²) in [7, 11) is 0. The molecule has 182 valence electrons. The number of carbonyl (C=O) groups is 3. The lowest BCUT2D eigenvalue weighted by atomic mass is 9.86. The summed E-state index contributed by atoms with van der Waals surface area (Å²) in [5.41, 5.74) is 7.74. The molecule has 0 fully saturated rings. The number of hydrazine groups is 1. The fourth-order valence-corrected chi connectivity index (χ4v) is 3.43. The van der Waals surface area contributed by atoms with Crippen LogP contribution in [-0.4, -0.2) is 37.8 Å². The van der Waals surface area contributed by atoms with Crippen LogP contribution in [0.25, 0.3) is 11.4 Å². The van der Waals surface area contributed by atoms with Crippen molar-refractivity contribution in [1.82, 2.24) is 31.1 Å². The second-order valence-electron chi connectivity index (χ2n) is 9.27. The highest BCUT2D eigenvalue weighted by Crippen LogP contribution is 2.22. The van der Waals surface area contributed by atoms with Crippen molar-refractivity contribution in [3.63, 3.8) is 0 Å². The normalized spacial score (nSPS) is 11.1. The van der Waals surface area contributed by atoms with E-state index in [0.29, 0.717) is 17.9 Å². The molecule has 0 spiro atoms. The van der Waals surface area contributed by atoms with Crippen molar-refractivity contribution >= 4 is 17.6 Å². The second kappa shape index (κ2) is 10.3. The minimum Gasteiger partial charge on any atom is -0.283 e. The van der Waals surface area contributed by atoms with Gasteiger partial charge in [-0.25, -0.2) is 0 Å². The van der Waals surface area contributed by atoms with Crippen LogP contribution in [-0.2, 0) is 16.8 Å². The number of hydrogen-bond donors (Lipinski definition) is 2. The number of amides is 2. The Balaban J connectivity index is 1.30. The van der Waals surface area contributed by atoms with Crippen LogP contribution in [0.3, 0.4) is 0 Å². The maximum absolute atomic E-state index is 12.4. The summed E-state index contributed by atoms with van der Waals surface area (Å²) in [6, 6.07) is 23.1. The summed E-state index contributed by atoms with van der Waals surface area (Å²) >= 11 is 0. The van der Waals surface area contributed by atoms with Crippen molar-refractivity contribution in [2.75, 3.05) is 0 Å². The molecule has 3 aromatic carbocycles. The van der Waals surface area contributed by atoms with Crippen molar-refractivity contribution in [1.29, 1.82) is 0 Å². The fraction of sp³-hybridized carbons (Fsp3) is 0.185. The van der Waals surface area contributed by atoms with Gasteiger partial charge in [0.1, 0.15) is 0 Å². The third-order valence-corrected chi connectivity index (χ3v) is 5.53. The molecule has 4 aromatic rings. The number of nitrogens with one attached hydrogen (secondary N) is 2. The van der Waals surface area contributed by atoms with Crippen LogP contribution < -0.4 is 10.9 Å². The Labute approximate surface area is 208 Å². The standard InChI is InChI=1S/C27H26N6O3/c1-27(2,3)22-15-13-19(14-16-22)23(34)26(36)30-29-25(35)21-11-9-18(10-12-21)17-33-31-24(28-32-33)20-7-5-4-6-8-20/h4-16H,17H2,1-3H3,(H,29,35)(H,30,36). The van der Waals surface area contributed by atoms with Crippen molar-refractivity contribution in [2.45, 2.75) is 32.7 Å². The molecule has 9 nitrogen and oxygen atoms in total. The van der Waals surface area contributed by atoms with Gasteiger partial charge in [0.15, 0.2) is 0 Å². The second-order valence-corrected chi connectivity index (χ2v) is 9.27. The summed E-state index contributed by atoms with van der Waals surface area (Å²) in [6.45, 7) is 6.56. The number of carbonyl (C=O) groups excluding carboxylic acids is 3. The molecular formula is C27H26N6O3. The molecule has 2 N–H and O–H groups in total. The van der Waals surface area contributed by atoms with Crippen molar-refractivity contribution in [3.8, 4) is 11.4 Å². The van der Waals surface area contributed by atoms with Crippen molar-refractivity contribution in [3.05, 3.63) is 101 Å². The maximum Gasteiger partial charge on any atom is 0.310 e. The van der Waals surface area contributed by atoms with Crippen LogP contribution in [0.15, 0.2) is 78.9 Å². The average molecular weight is 483 g/mol. The highest BCUT2D eigenvalue weighted by Gasteiger charge is 2.19. The van der Waals surface area contributed by atoms with Crippen molar-refractivity contribution < 1.29 is 14.4 Å². The Morgan fingerprint density at radius 2 is 1.44 bits per heavy atom. The van der Waals surface area contributed by atoms with E-state index in [0.717, 1.165) is 16.7 Å². The molecule has 0 unspecified atom stereocenters. The molecule has 9 heteroatoms. The van der Waals surface area contributed by atoms with Gasteiger partial charge in [0.25, 0.3) is 11.7 Å². The molecule has 0 saturated heterocycles. The molecule has 2 amide bonds. The van der Waals surface area contributed by atoms with E-state index in [1.54, 1.807) is 36.4 Å². The number of rotatable bonds is 6. The van der Waals surface area contributed by atoms with Crippen LogP contribution in [0.1, 0.15) is 52.6 Å². The number of Topliss-reactive ketones (excluding diaryl/α,β-unsaturated/α-hetero) is 1. The minimum atomic E-state index is -0.921. The Hall–Kier alpha value is -4.66. The molecule has 0 bridgehead atoms. The van der Waals surface area contributed by atoms with E-state index < -0.39 is 17.6 Å². The Kier molecular flexibility index (Phi) is 7.00. The number of nitrogens with zero attached hydrogens (tertiary/aromatic N) is 4. The number of hydrogen-bond acceptors (Lipinski definition) is 6. The summed E-state index contributed by atoms with van der Waals surface area (Å²) in [6.07, 6.45) is 0. The Morgan fingerprint density at radius 1 is 0.806 bits per heavy atom. The highest BCUT2D eigenvalue weighted by atomic mass is 16.2. The van der Waals surface area contributed by atoms with E-state index in [-0.39, 0.29) is 11.0 Å². The van der Waals surface area contributed by atoms with Crippen molar-refractivity contribution in [2.24, 2.45) is 0 Å². The molecule has 4 rings (SSSR count). The first-order valence-corrected chi connectivity index (χ1v) is 11.4. The largest absolute Gasteiger partial charge is 0.310 e. The maximum atomic E-state index is 12.4. The third-order valence-electron chi connectivity index (χ3n) is 5.53. The summed E-state index contributed by atoms with van der Waals surface area (Å²) < 4.78 is 0. The SMILES string of the molecule is CC(C)(C)c1ccc(C(=O)C(=O)NNC(=O)c2ccc(Cn3nnc(-c4ccccc4)n3)cc2)cc1. The van der Waals surface area contributed by atoms with E-state index in [1.807, 2.05) is 42.5 Å². The van der Waals surface area contributed by atoms with Gasteiger partial charge >= 0.3 is 5.91 Å². The van der Waals surface area contributed by atoms with Crippen LogP contribution in [0.2, 0.25) is 0 Å². The lowest BCUT2D eigenvalue weighted by molar-refractivity contribution is -0.117. The van der Waals surface area contributed by atoms with Gasteiger partial charge in [-0.15, -0.1) is 10.2 Å². The van der Waals surface area contributed by atoms with Gasteiger partial charge in [-0.1, -0.05) is 87.5 Å². The first kappa shape index (κ1) is 24.5. The number of benzene rings is 3. The van der Waals surface area contributed by atoms with E-state index in [9.17, 15) is 14.4 Å². The predicted molar refractivity (Wildman–Crippen MR) is 134 cm³/mol. The summed E-state index contributed by atoms with van der Waals surface area (Å²) in [5, 5.41) is 12.5. The molecule has 0 radical (unpaired) electrons. The molecule has 0 aliphatic carbocycles. The smallest absolute Gasteiger partial charge is 0.283 e. The van der Waals surface area contributed by atoms with Gasteiger partial charge in [0.05, 0.1) is 6.54 Å². The molecule has 0 saturated carbocycles. The van der Waals surface area contributed by atoms with Crippen LogP contribution in [0, 0.1) is 0 Å². The highest BCUT2D eigenvalue weighted by molar-refractivity contribution is 6.42. The molecule has 0 aliphatic rings. The topological polar surface area (TPSA) is 119 Å². The monoisotopic (exact) mass is 482 g/mol. The van der Waals surface area contributed by atoms with Gasteiger partial charge in [0.2, 0.25) is 5.82 Å². The molecular weight excluding hydrogens is 456 g/mol. The Bertz CT molecular complexity index is 1370. The third kappa shape index (κ3) is 5.87. The average Bonchev–Trinajstić information content (AvgIpc) is 3.35. The summed E-state index contributed by atoms with van der Waals surface area (Å²) in [4.78, 5) is 38.5. The van der Waals surface area contributed by atoms with Gasteiger partial charge in [-0.05, 0) is 33.9 Å². The quantitative estimate of drug-likeness (QED) is 0.247. The zero-order chi connectivity index (χ0) is 25.7.